The van der Waals surface area contributed by atoms with E-state index in [4.69, 9.17) is 18.9 Å². The fraction of sp³-hybridized carbons (Fsp3) is 0.429. The molecule has 0 spiro atoms. The summed E-state index contributed by atoms with van der Waals surface area (Å²) < 4.78 is 23.1. The van der Waals surface area contributed by atoms with Crippen LogP contribution in [0.2, 0.25) is 0 Å². The summed E-state index contributed by atoms with van der Waals surface area (Å²) in [5.74, 6) is -0.646. The first-order chi connectivity index (χ1) is 16.8. The van der Waals surface area contributed by atoms with Crippen molar-refractivity contribution in [3.8, 4) is 34.5 Å². The molecule has 194 valence electrons. The molecular weight excluding hydrogens is 464 g/mol. The van der Waals surface area contributed by atoms with E-state index in [9.17, 15) is 19.8 Å². The number of ketones is 2. The summed E-state index contributed by atoms with van der Waals surface area (Å²) in [6.07, 6.45) is 3.64. The summed E-state index contributed by atoms with van der Waals surface area (Å²) in [4.78, 5) is 25.7. The van der Waals surface area contributed by atoms with Gasteiger partial charge in [0.1, 0.15) is 51.2 Å². The Morgan fingerprint density at radius 3 is 2.03 bits per heavy atom. The molecule has 0 radical (unpaired) electrons. The third-order valence-electron chi connectivity index (χ3n) is 6.33. The number of carbonyl (C=O) groups is 2. The van der Waals surface area contributed by atoms with Crippen LogP contribution < -0.4 is 18.9 Å². The van der Waals surface area contributed by atoms with Crippen molar-refractivity contribution in [2.24, 2.45) is 5.92 Å². The molecular formula is C28H34O8. The van der Waals surface area contributed by atoms with Crippen LogP contribution in [-0.2, 0) is 6.42 Å². The van der Waals surface area contributed by atoms with Gasteiger partial charge in [-0.3, -0.25) is 9.59 Å². The molecule has 0 amide bonds. The summed E-state index contributed by atoms with van der Waals surface area (Å²) in [5.41, 5.74) is 0.947. The fourth-order valence-corrected chi connectivity index (χ4v) is 4.57. The van der Waals surface area contributed by atoms with Crippen molar-refractivity contribution in [2.75, 3.05) is 21.3 Å². The SMILES string of the molecule is COc1c(C)c(O)c(C(C)=O)c(OC)c1Cc1c(O)c(C(=O)C(C)C)c2c(c1OC)C=CC(C)(C)O2. The van der Waals surface area contributed by atoms with E-state index in [1.165, 1.54) is 28.3 Å². The lowest BCUT2D eigenvalue weighted by atomic mass is 9.87. The van der Waals surface area contributed by atoms with E-state index in [-0.39, 0.29) is 52.1 Å². The molecule has 0 fully saturated rings. The molecule has 3 rings (SSSR count). The Hall–Kier alpha value is -3.68. The third-order valence-corrected chi connectivity index (χ3v) is 6.33. The third kappa shape index (κ3) is 4.36. The van der Waals surface area contributed by atoms with Gasteiger partial charge in [-0.25, -0.2) is 0 Å². The number of phenols is 2. The molecule has 0 unspecified atom stereocenters. The molecule has 8 heteroatoms. The van der Waals surface area contributed by atoms with Crippen molar-refractivity contribution >= 4 is 17.6 Å². The molecule has 2 N–H and O–H groups in total. The van der Waals surface area contributed by atoms with Gasteiger partial charge < -0.3 is 29.2 Å². The van der Waals surface area contributed by atoms with Crippen LogP contribution >= 0.6 is 0 Å². The van der Waals surface area contributed by atoms with E-state index < -0.39 is 17.3 Å². The summed E-state index contributed by atoms with van der Waals surface area (Å²) in [6.45, 7) is 10.2. The second kappa shape index (κ2) is 9.76. The average molecular weight is 499 g/mol. The second-order valence-electron chi connectivity index (χ2n) is 9.66. The Kier molecular flexibility index (Phi) is 7.30. The molecule has 1 heterocycles. The molecule has 0 aliphatic carbocycles. The van der Waals surface area contributed by atoms with Gasteiger partial charge in [0.2, 0.25) is 0 Å². The maximum atomic E-state index is 13.3. The van der Waals surface area contributed by atoms with Crippen LogP contribution in [0.15, 0.2) is 6.08 Å². The predicted molar refractivity (Wildman–Crippen MR) is 136 cm³/mol. The minimum Gasteiger partial charge on any atom is -0.507 e. The molecule has 1 aliphatic heterocycles. The lowest BCUT2D eigenvalue weighted by molar-refractivity contribution is 0.0921. The van der Waals surface area contributed by atoms with E-state index in [2.05, 4.69) is 0 Å². The number of phenolic OH excluding ortho intramolecular Hbond substituents is 2. The lowest BCUT2D eigenvalue weighted by Crippen LogP contribution is -2.29. The topological polar surface area (TPSA) is 112 Å². The average Bonchev–Trinajstić information content (AvgIpc) is 2.80. The largest absolute Gasteiger partial charge is 0.507 e. The monoisotopic (exact) mass is 498 g/mol. The van der Waals surface area contributed by atoms with Gasteiger partial charge >= 0.3 is 0 Å². The molecule has 0 saturated heterocycles. The van der Waals surface area contributed by atoms with Gasteiger partial charge in [0.05, 0.1) is 26.9 Å². The number of aromatic hydroxyl groups is 2. The van der Waals surface area contributed by atoms with Gasteiger partial charge in [0.25, 0.3) is 0 Å². The van der Waals surface area contributed by atoms with E-state index in [0.29, 0.717) is 28.0 Å². The smallest absolute Gasteiger partial charge is 0.172 e. The first-order valence-corrected chi connectivity index (χ1v) is 11.7. The van der Waals surface area contributed by atoms with Gasteiger partial charge in [-0.2, -0.15) is 0 Å². The molecule has 0 atom stereocenters. The molecule has 8 nitrogen and oxygen atoms in total. The van der Waals surface area contributed by atoms with Gasteiger partial charge in [0.15, 0.2) is 11.6 Å². The van der Waals surface area contributed by atoms with E-state index in [1.807, 2.05) is 26.0 Å². The van der Waals surface area contributed by atoms with Crippen LogP contribution in [0.3, 0.4) is 0 Å². The maximum absolute atomic E-state index is 13.3. The number of Topliss-reactive ketones (excluding diaryl/α,β-unsaturated/α-hetero) is 2. The Morgan fingerprint density at radius 2 is 1.53 bits per heavy atom. The van der Waals surface area contributed by atoms with Gasteiger partial charge in [-0.15, -0.1) is 0 Å². The van der Waals surface area contributed by atoms with Crippen molar-refractivity contribution in [3.63, 3.8) is 0 Å². The number of ether oxygens (including phenoxy) is 4. The number of methoxy groups -OCH3 is 3. The highest BCUT2D eigenvalue weighted by Gasteiger charge is 2.36. The van der Waals surface area contributed by atoms with E-state index >= 15 is 0 Å². The van der Waals surface area contributed by atoms with Crippen molar-refractivity contribution < 1.29 is 38.7 Å². The van der Waals surface area contributed by atoms with E-state index in [0.717, 1.165) is 0 Å². The zero-order valence-corrected chi connectivity index (χ0v) is 22.3. The summed E-state index contributed by atoms with van der Waals surface area (Å²) in [5, 5.41) is 22.2. The van der Waals surface area contributed by atoms with Gasteiger partial charge in [-0.1, -0.05) is 13.8 Å². The molecule has 2 aromatic carbocycles. The van der Waals surface area contributed by atoms with Crippen molar-refractivity contribution in [1.29, 1.82) is 0 Å². The molecule has 2 aromatic rings. The summed E-state index contributed by atoms with van der Waals surface area (Å²) in [7, 11) is 4.29. The quantitative estimate of drug-likeness (QED) is 0.475. The first-order valence-electron chi connectivity index (χ1n) is 11.7. The van der Waals surface area contributed by atoms with Crippen LogP contribution in [-0.4, -0.2) is 48.7 Å². The Balaban J connectivity index is 2.44. The number of hydrogen-bond donors (Lipinski definition) is 2. The Morgan fingerprint density at radius 1 is 0.944 bits per heavy atom. The molecule has 1 aliphatic rings. The summed E-state index contributed by atoms with van der Waals surface area (Å²) >= 11 is 0. The minimum atomic E-state index is -0.700. The van der Waals surface area contributed by atoms with Crippen LogP contribution in [0.4, 0.5) is 0 Å². The highest BCUT2D eigenvalue weighted by atomic mass is 16.5. The highest BCUT2D eigenvalue weighted by Crippen LogP contribution is 2.51. The lowest BCUT2D eigenvalue weighted by Gasteiger charge is -2.32. The second-order valence-corrected chi connectivity index (χ2v) is 9.66. The number of benzene rings is 2. The van der Waals surface area contributed by atoms with Crippen LogP contribution in [0.25, 0.3) is 6.08 Å². The number of hydrogen-bond acceptors (Lipinski definition) is 8. The fourth-order valence-electron chi connectivity index (χ4n) is 4.57. The van der Waals surface area contributed by atoms with Crippen molar-refractivity contribution in [3.05, 3.63) is 39.5 Å². The van der Waals surface area contributed by atoms with E-state index in [1.54, 1.807) is 20.8 Å². The Bertz CT molecular complexity index is 1270. The highest BCUT2D eigenvalue weighted by molar-refractivity contribution is 6.05. The number of carbonyl (C=O) groups excluding carboxylic acids is 2. The maximum Gasteiger partial charge on any atom is 0.172 e. The molecule has 36 heavy (non-hydrogen) atoms. The first kappa shape index (κ1) is 26.9. The number of fused-ring (bicyclic) bond motifs is 1. The van der Waals surface area contributed by atoms with Crippen LogP contribution in [0.1, 0.15) is 77.6 Å². The minimum absolute atomic E-state index is 0.00526. The normalized spacial score (nSPS) is 13.7. The zero-order chi connectivity index (χ0) is 27.1. The van der Waals surface area contributed by atoms with Crippen molar-refractivity contribution in [1.82, 2.24) is 0 Å². The standard InChI is InChI=1S/C28H34O8/c1-13(2)21(30)20-23(32)17(25(34-8)16-10-11-28(5,6)36-27(16)20)12-18-24(33-7)14(3)22(31)19(15(4)29)26(18)35-9/h10-11,13,31-32H,12H2,1-9H3. The molecule has 0 aromatic heterocycles. The summed E-state index contributed by atoms with van der Waals surface area (Å²) in [6, 6.07) is 0. The van der Waals surface area contributed by atoms with Crippen LogP contribution in [0.5, 0.6) is 34.5 Å². The molecule has 0 saturated carbocycles. The molecule has 0 bridgehead atoms. The van der Waals surface area contributed by atoms with Crippen molar-refractivity contribution in [2.45, 2.75) is 53.6 Å². The van der Waals surface area contributed by atoms with Crippen LogP contribution in [0, 0.1) is 12.8 Å². The zero-order valence-electron chi connectivity index (χ0n) is 22.3. The van der Waals surface area contributed by atoms with Gasteiger partial charge in [-0.05, 0) is 39.8 Å². The number of rotatable bonds is 8. The van der Waals surface area contributed by atoms with Gasteiger partial charge in [0, 0.05) is 29.0 Å². The predicted octanol–water partition coefficient (Wildman–Crippen LogP) is 5.25. The Labute approximate surface area is 211 Å².